The van der Waals surface area contributed by atoms with Crippen LogP contribution in [0.4, 0.5) is 0 Å². The van der Waals surface area contributed by atoms with E-state index in [9.17, 15) is 19.8 Å². The lowest BCUT2D eigenvalue weighted by molar-refractivity contribution is -0.143. The van der Waals surface area contributed by atoms with E-state index in [-0.39, 0.29) is 18.5 Å². The second kappa shape index (κ2) is 85.5. The normalized spacial score (nSPS) is 12.6. The number of nitrogens with one attached hydrogen (secondary N) is 1. The summed E-state index contributed by atoms with van der Waals surface area (Å²) in [7, 11) is 0. The van der Waals surface area contributed by atoms with Crippen molar-refractivity contribution in [3.63, 3.8) is 0 Å². The summed E-state index contributed by atoms with van der Waals surface area (Å²) in [6, 6.07) is -0.626. The molecule has 2 atom stereocenters. The van der Waals surface area contributed by atoms with Crippen molar-refractivity contribution in [2.24, 2.45) is 0 Å². The molecule has 0 heterocycles. The van der Waals surface area contributed by atoms with Crippen molar-refractivity contribution in [3.05, 3.63) is 36.5 Å². The number of carbonyl (C=O) groups excluding carboxylic acids is 2. The molecule has 0 rings (SSSR count). The van der Waals surface area contributed by atoms with Crippen molar-refractivity contribution in [3.8, 4) is 0 Å². The minimum absolute atomic E-state index is 0.0219. The molecule has 0 saturated heterocycles. The van der Waals surface area contributed by atoms with Crippen LogP contribution < -0.4 is 5.32 Å². The predicted octanol–water partition coefficient (Wildman–Crippen LogP) is 29.7. The van der Waals surface area contributed by atoms with Gasteiger partial charge >= 0.3 is 5.97 Å². The molecular formula is C90H173NO5. The minimum atomic E-state index is -0.843. The van der Waals surface area contributed by atoms with Gasteiger partial charge < -0.3 is 20.3 Å². The summed E-state index contributed by atoms with van der Waals surface area (Å²) in [5.41, 5.74) is 0. The van der Waals surface area contributed by atoms with E-state index in [0.717, 1.165) is 38.5 Å². The number of carbonyl (C=O) groups is 2. The zero-order valence-corrected chi connectivity index (χ0v) is 65.4. The van der Waals surface area contributed by atoms with E-state index in [1.165, 1.54) is 437 Å². The van der Waals surface area contributed by atoms with Gasteiger partial charge in [-0.2, -0.15) is 0 Å². The molecule has 96 heavy (non-hydrogen) atoms. The maximum atomic E-state index is 12.6. The van der Waals surface area contributed by atoms with E-state index < -0.39 is 12.1 Å². The number of aliphatic hydroxyl groups excluding tert-OH is 2. The number of amides is 1. The van der Waals surface area contributed by atoms with Crippen molar-refractivity contribution >= 4 is 11.9 Å². The molecule has 0 radical (unpaired) electrons. The SMILES string of the molecule is CCCCCCCC/C=C\CCCCCCCCCCCC(=O)OCCCCCCCCCCCCCCCCCC/C=C\CCCCCCCCCCCCCCCCCCCC(=O)NC(CO)C(O)/C=C/CCCCCCCCCCCCCCCCCCCCCCC. The topological polar surface area (TPSA) is 95.9 Å². The van der Waals surface area contributed by atoms with Crippen LogP contribution in [-0.4, -0.2) is 47.4 Å². The van der Waals surface area contributed by atoms with E-state index in [2.05, 4.69) is 43.5 Å². The van der Waals surface area contributed by atoms with Gasteiger partial charge in [-0.1, -0.05) is 442 Å². The largest absolute Gasteiger partial charge is 0.466 e. The third-order valence-electron chi connectivity index (χ3n) is 20.9. The molecule has 568 valence electrons. The number of ether oxygens (including phenoxy) is 1. The maximum absolute atomic E-state index is 12.6. The lowest BCUT2D eigenvalue weighted by atomic mass is 10.0. The van der Waals surface area contributed by atoms with Gasteiger partial charge in [-0.15, -0.1) is 0 Å². The lowest BCUT2D eigenvalue weighted by Gasteiger charge is -2.20. The van der Waals surface area contributed by atoms with Gasteiger partial charge in [0, 0.05) is 12.8 Å². The fourth-order valence-electron chi connectivity index (χ4n) is 14.2. The summed E-state index contributed by atoms with van der Waals surface area (Å²) in [5.74, 6) is -0.0367. The molecule has 0 saturated carbocycles. The van der Waals surface area contributed by atoms with Gasteiger partial charge in [-0.25, -0.2) is 0 Å². The zero-order valence-electron chi connectivity index (χ0n) is 65.4. The molecule has 3 N–H and O–H groups in total. The van der Waals surface area contributed by atoms with Crippen LogP contribution in [0.2, 0.25) is 0 Å². The molecule has 0 bridgehead atoms. The van der Waals surface area contributed by atoms with Crippen LogP contribution in [0.15, 0.2) is 36.5 Å². The van der Waals surface area contributed by atoms with Crippen LogP contribution >= 0.6 is 0 Å². The molecule has 0 aliphatic carbocycles. The summed E-state index contributed by atoms with van der Waals surface area (Å²) >= 11 is 0. The molecule has 0 fully saturated rings. The Kier molecular flexibility index (Phi) is 83.8. The van der Waals surface area contributed by atoms with Gasteiger partial charge in [0.25, 0.3) is 0 Å². The first-order valence-electron chi connectivity index (χ1n) is 44.3. The highest BCUT2D eigenvalue weighted by Gasteiger charge is 2.18. The minimum Gasteiger partial charge on any atom is -0.466 e. The number of hydrogen-bond donors (Lipinski definition) is 3. The van der Waals surface area contributed by atoms with E-state index in [1.54, 1.807) is 6.08 Å². The standard InChI is InChI=1S/C90H173NO5/c1-3-5-7-9-11-13-15-17-19-21-23-24-40-43-47-50-54-58-62-66-70-74-78-82-88(93)87(86-92)91-89(94)83-79-75-71-67-63-59-55-51-48-44-41-38-36-34-32-30-28-26-25-27-29-31-33-35-37-39-42-45-49-53-57-61-65-69-73-77-81-85-96-90(95)84-80-76-72-68-64-60-56-52-46-22-20-18-16-14-12-10-8-6-4-2/h18,20,25,27,78,82,87-88,92-93H,3-17,19,21-24,26,28-77,79-81,83-86H2,1-2H3,(H,91,94)/b20-18-,27-25-,82-78+. The predicted molar refractivity (Wildman–Crippen MR) is 426 cm³/mol. The van der Waals surface area contributed by atoms with Gasteiger partial charge in [0.2, 0.25) is 5.91 Å². The fraction of sp³-hybridized carbons (Fsp3) is 0.911. The maximum Gasteiger partial charge on any atom is 0.305 e. The Morgan fingerprint density at radius 2 is 0.490 bits per heavy atom. The smallest absolute Gasteiger partial charge is 0.305 e. The summed E-state index contributed by atoms with van der Waals surface area (Å²) in [5, 5.41) is 23.3. The zero-order chi connectivity index (χ0) is 69.1. The Labute approximate surface area is 602 Å². The molecule has 0 aliphatic heterocycles. The highest BCUT2D eigenvalue weighted by molar-refractivity contribution is 5.76. The fourth-order valence-corrected chi connectivity index (χ4v) is 14.2. The van der Waals surface area contributed by atoms with Crippen LogP contribution in [0.1, 0.15) is 502 Å². The van der Waals surface area contributed by atoms with Gasteiger partial charge in [0.1, 0.15) is 0 Å². The van der Waals surface area contributed by atoms with Crippen LogP contribution in [-0.2, 0) is 14.3 Å². The van der Waals surface area contributed by atoms with E-state index >= 15 is 0 Å². The Morgan fingerprint density at radius 1 is 0.281 bits per heavy atom. The second-order valence-corrected chi connectivity index (χ2v) is 30.6. The molecule has 2 unspecified atom stereocenters. The summed E-state index contributed by atoms with van der Waals surface area (Å²) in [4.78, 5) is 24.7. The first-order valence-corrected chi connectivity index (χ1v) is 44.3. The number of allylic oxidation sites excluding steroid dienone is 5. The van der Waals surface area contributed by atoms with Crippen LogP contribution in [0.5, 0.6) is 0 Å². The van der Waals surface area contributed by atoms with Crippen LogP contribution in [0.3, 0.4) is 0 Å². The highest BCUT2D eigenvalue weighted by Crippen LogP contribution is 2.21. The molecule has 6 heteroatoms. The summed E-state index contributed by atoms with van der Waals surface area (Å²) < 4.78 is 5.52. The second-order valence-electron chi connectivity index (χ2n) is 30.6. The lowest BCUT2D eigenvalue weighted by Crippen LogP contribution is -2.45. The quantitative estimate of drug-likeness (QED) is 0.0320. The molecule has 0 aliphatic rings. The number of esters is 1. The Bertz CT molecular complexity index is 1560. The third kappa shape index (κ3) is 81.0. The van der Waals surface area contributed by atoms with Crippen molar-refractivity contribution < 1.29 is 24.5 Å². The number of rotatable bonds is 84. The first-order chi connectivity index (χ1) is 47.5. The third-order valence-corrected chi connectivity index (χ3v) is 20.9. The monoisotopic (exact) mass is 1350 g/mol. The average Bonchev–Trinajstić information content (AvgIpc) is 3.69. The van der Waals surface area contributed by atoms with E-state index in [0.29, 0.717) is 19.4 Å². The summed E-state index contributed by atoms with van der Waals surface area (Å²) in [6.07, 6.45) is 113. The summed E-state index contributed by atoms with van der Waals surface area (Å²) in [6.45, 7) is 4.96. The molecule has 0 aromatic carbocycles. The van der Waals surface area contributed by atoms with Gasteiger partial charge in [-0.05, 0) is 83.5 Å². The molecule has 1 amide bonds. The van der Waals surface area contributed by atoms with Crippen molar-refractivity contribution in [2.75, 3.05) is 13.2 Å². The molecule has 6 nitrogen and oxygen atoms in total. The molecule has 0 aromatic heterocycles. The Balaban J connectivity index is 3.34. The van der Waals surface area contributed by atoms with Gasteiger partial charge in [0.15, 0.2) is 0 Å². The van der Waals surface area contributed by atoms with Crippen molar-refractivity contribution in [1.29, 1.82) is 0 Å². The molecule has 0 aromatic rings. The van der Waals surface area contributed by atoms with Gasteiger partial charge in [-0.3, -0.25) is 9.59 Å². The Hall–Kier alpha value is -1.92. The van der Waals surface area contributed by atoms with Gasteiger partial charge in [0.05, 0.1) is 25.4 Å². The number of hydrogen-bond acceptors (Lipinski definition) is 5. The molecular weight excluding hydrogens is 1170 g/mol. The Morgan fingerprint density at radius 3 is 0.740 bits per heavy atom. The van der Waals surface area contributed by atoms with Crippen LogP contribution in [0, 0.1) is 0 Å². The first kappa shape index (κ1) is 94.1. The van der Waals surface area contributed by atoms with Crippen molar-refractivity contribution in [1.82, 2.24) is 5.32 Å². The average molecular weight is 1350 g/mol. The number of unbranched alkanes of at least 4 members (excludes halogenated alkanes) is 69. The van der Waals surface area contributed by atoms with Crippen LogP contribution in [0.25, 0.3) is 0 Å². The number of aliphatic hydroxyl groups is 2. The highest BCUT2D eigenvalue weighted by atomic mass is 16.5. The van der Waals surface area contributed by atoms with E-state index in [4.69, 9.17) is 4.74 Å². The van der Waals surface area contributed by atoms with E-state index in [1.807, 2.05) is 6.08 Å². The van der Waals surface area contributed by atoms with Crippen molar-refractivity contribution in [2.45, 2.75) is 514 Å². The molecule has 0 spiro atoms.